The molecule has 0 amide bonds. The highest BCUT2D eigenvalue weighted by Gasteiger charge is 2.17. The summed E-state index contributed by atoms with van der Waals surface area (Å²) in [5, 5.41) is 13.7. The molecule has 26 heavy (non-hydrogen) atoms. The number of alkyl halides is 2. The van der Waals surface area contributed by atoms with Gasteiger partial charge in [-0.1, -0.05) is 6.07 Å². The van der Waals surface area contributed by atoms with Gasteiger partial charge >= 0.3 is 6.61 Å². The standard InChI is InChI=1S/C16H17BrF2N4OS2/c17-13-12(6-9(20)3-4-24-16(18)19)26-15-11(8-22-23-14(13)15)21-7-10-2-1-5-25-10/h1-2,5,8-9,16H,3-4,6-7,20H2,(H,21,23)/t9-/m0/s1. The fraction of sp³-hybridized carbons (Fsp3) is 0.375. The molecule has 0 fully saturated rings. The van der Waals surface area contributed by atoms with Crippen molar-refractivity contribution in [3.8, 4) is 0 Å². The minimum Gasteiger partial charge on any atom is -0.378 e. The number of aromatic nitrogens is 2. The summed E-state index contributed by atoms with van der Waals surface area (Å²) in [7, 11) is 0. The van der Waals surface area contributed by atoms with Crippen molar-refractivity contribution in [1.82, 2.24) is 10.2 Å². The van der Waals surface area contributed by atoms with E-state index < -0.39 is 6.61 Å². The number of ether oxygens (including phenoxy) is 1. The van der Waals surface area contributed by atoms with Gasteiger partial charge in [0, 0.05) is 22.3 Å². The molecule has 3 N–H and O–H groups in total. The Hall–Kier alpha value is -1.20. The maximum Gasteiger partial charge on any atom is 0.345 e. The van der Waals surface area contributed by atoms with E-state index in [0.717, 1.165) is 25.3 Å². The molecule has 140 valence electrons. The Morgan fingerprint density at radius 2 is 2.23 bits per heavy atom. The minimum atomic E-state index is -2.76. The molecular formula is C16H17BrF2N4OS2. The molecule has 3 heterocycles. The summed E-state index contributed by atoms with van der Waals surface area (Å²) in [5.74, 6) is 0. The third-order valence-electron chi connectivity index (χ3n) is 3.70. The third-order valence-corrected chi connectivity index (χ3v) is 6.92. The number of nitrogens with two attached hydrogens (primary N) is 1. The molecule has 1 atom stereocenters. The van der Waals surface area contributed by atoms with Crippen LogP contribution in [0.4, 0.5) is 14.5 Å². The fourth-order valence-electron chi connectivity index (χ4n) is 2.42. The molecule has 0 aliphatic rings. The second-order valence-corrected chi connectivity index (χ2v) is 8.52. The van der Waals surface area contributed by atoms with Crippen LogP contribution < -0.4 is 11.1 Å². The van der Waals surface area contributed by atoms with Gasteiger partial charge in [-0.05, 0) is 40.2 Å². The lowest BCUT2D eigenvalue weighted by molar-refractivity contribution is -0.129. The molecule has 0 saturated heterocycles. The number of thiophene rings is 2. The predicted molar refractivity (Wildman–Crippen MR) is 105 cm³/mol. The zero-order chi connectivity index (χ0) is 18.5. The quantitative estimate of drug-likeness (QED) is 0.484. The Morgan fingerprint density at radius 1 is 1.38 bits per heavy atom. The van der Waals surface area contributed by atoms with E-state index in [2.05, 4.69) is 42.2 Å². The van der Waals surface area contributed by atoms with Crippen molar-refractivity contribution in [1.29, 1.82) is 0 Å². The van der Waals surface area contributed by atoms with Gasteiger partial charge < -0.3 is 15.8 Å². The maximum atomic E-state index is 12.0. The van der Waals surface area contributed by atoms with Crippen LogP contribution in [0.3, 0.4) is 0 Å². The maximum absolute atomic E-state index is 12.0. The monoisotopic (exact) mass is 462 g/mol. The van der Waals surface area contributed by atoms with Crippen molar-refractivity contribution < 1.29 is 13.5 Å². The van der Waals surface area contributed by atoms with E-state index in [4.69, 9.17) is 5.73 Å². The molecule has 0 saturated carbocycles. The van der Waals surface area contributed by atoms with Gasteiger partial charge in [-0.2, -0.15) is 13.9 Å². The number of hydrogen-bond acceptors (Lipinski definition) is 7. The summed E-state index contributed by atoms with van der Waals surface area (Å²) >= 11 is 6.84. The van der Waals surface area contributed by atoms with Gasteiger partial charge in [0.2, 0.25) is 0 Å². The smallest absolute Gasteiger partial charge is 0.345 e. The largest absolute Gasteiger partial charge is 0.378 e. The zero-order valence-corrected chi connectivity index (χ0v) is 16.8. The highest BCUT2D eigenvalue weighted by atomic mass is 79.9. The van der Waals surface area contributed by atoms with Crippen LogP contribution in [0, 0.1) is 0 Å². The highest BCUT2D eigenvalue weighted by Crippen LogP contribution is 2.38. The van der Waals surface area contributed by atoms with Gasteiger partial charge in [-0.15, -0.1) is 27.8 Å². The van der Waals surface area contributed by atoms with Crippen LogP contribution in [0.25, 0.3) is 10.2 Å². The number of halogens is 3. The average molecular weight is 463 g/mol. The molecule has 5 nitrogen and oxygen atoms in total. The molecule has 0 bridgehead atoms. The number of nitrogens with one attached hydrogen (secondary N) is 1. The Labute approximate surface area is 165 Å². The number of nitrogens with zero attached hydrogens (tertiary/aromatic N) is 2. The van der Waals surface area contributed by atoms with E-state index in [1.807, 2.05) is 11.4 Å². The van der Waals surface area contributed by atoms with Gasteiger partial charge in [-0.3, -0.25) is 0 Å². The molecule has 0 spiro atoms. The van der Waals surface area contributed by atoms with E-state index in [-0.39, 0.29) is 12.6 Å². The summed E-state index contributed by atoms with van der Waals surface area (Å²) < 4.78 is 30.2. The van der Waals surface area contributed by atoms with Crippen molar-refractivity contribution in [3.05, 3.63) is 37.9 Å². The van der Waals surface area contributed by atoms with Crippen LogP contribution in [-0.4, -0.2) is 29.5 Å². The normalized spacial score (nSPS) is 12.8. The highest BCUT2D eigenvalue weighted by molar-refractivity contribution is 9.10. The van der Waals surface area contributed by atoms with E-state index in [1.54, 1.807) is 28.9 Å². The molecule has 3 rings (SSSR count). The summed E-state index contributed by atoms with van der Waals surface area (Å²) in [6.07, 6.45) is 2.62. The van der Waals surface area contributed by atoms with Gasteiger partial charge in [0.05, 0.1) is 27.7 Å². The van der Waals surface area contributed by atoms with Crippen LogP contribution in [0.2, 0.25) is 0 Å². The second-order valence-electron chi connectivity index (χ2n) is 5.59. The van der Waals surface area contributed by atoms with Crippen LogP contribution in [-0.2, 0) is 17.7 Å². The topological polar surface area (TPSA) is 73.1 Å². The molecule has 3 aromatic rings. The lowest BCUT2D eigenvalue weighted by Gasteiger charge is -2.10. The Bertz CT molecular complexity index is 844. The van der Waals surface area contributed by atoms with Gasteiger partial charge in [0.15, 0.2) is 0 Å². The van der Waals surface area contributed by atoms with E-state index >= 15 is 0 Å². The third kappa shape index (κ3) is 4.95. The number of anilines is 1. The van der Waals surface area contributed by atoms with Crippen LogP contribution in [0.15, 0.2) is 28.2 Å². The number of rotatable bonds is 9. The second kappa shape index (κ2) is 9.14. The average Bonchev–Trinajstić information content (AvgIpc) is 3.22. The van der Waals surface area contributed by atoms with Crippen LogP contribution in [0.5, 0.6) is 0 Å². The predicted octanol–water partition coefficient (Wildman–Crippen LogP) is 4.63. The van der Waals surface area contributed by atoms with Gasteiger partial charge in [-0.25, -0.2) is 0 Å². The van der Waals surface area contributed by atoms with Crippen molar-refractivity contribution in [2.24, 2.45) is 5.73 Å². The molecule has 10 heteroatoms. The van der Waals surface area contributed by atoms with Crippen LogP contribution in [0.1, 0.15) is 16.2 Å². The molecule has 0 aromatic carbocycles. The molecule has 0 unspecified atom stereocenters. The first-order chi connectivity index (χ1) is 12.5. The minimum absolute atomic E-state index is 0.0607. The summed E-state index contributed by atoms with van der Waals surface area (Å²) in [5.41, 5.74) is 7.74. The van der Waals surface area contributed by atoms with Crippen molar-refractivity contribution in [2.75, 3.05) is 11.9 Å². The SMILES string of the molecule is N[C@@H](CCOC(F)F)Cc1sc2c(NCc3cccs3)cnnc2c1Br. The van der Waals surface area contributed by atoms with Gasteiger partial charge in [0.1, 0.15) is 5.52 Å². The molecule has 0 aliphatic carbocycles. The summed E-state index contributed by atoms with van der Waals surface area (Å²) in [4.78, 5) is 2.25. The number of hydrogen-bond donors (Lipinski definition) is 2. The van der Waals surface area contributed by atoms with E-state index in [0.29, 0.717) is 19.4 Å². The zero-order valence-electron chi connectivity index (χ0n) is 13.6. The van der Waals surface area contributed by atoms with Crippen molar-refractivity contribution >= 4 is 54.5 Å². The Kier molecular flexibility index (Phi) is 6.87. The van der Waals surface area contributed by atoms with Crippen LogP contribution >= 0.6 is 38.6 Å². The lowest BCUT2D eigenvalue weighted by Crippen LogP contribution is -2.24. The summed E-state index contributed by atoms with van der Waals surface area (Å²) in [6, 6.07) is 3.81. The molecule has 0 radical (unpaired) electrons. The van der Waals surface area contributed by atoms with Crippen molar-refractivity contribution in [3.63, 3.8) is 0 Å². The Balaban J connectivity index is 1.71. The van der Waals surface area contributed by atoms with Crippen molar-refractivity contribution in [2.45, 2.75) is 32.0 Å². The van der Waals surface area contributed by atoms with Gasteiger partial charge in [0.25, 0.3) is 0 Å². The Morgan fingerprint density at radius 3 is 2.96 bits per heavy atom. The molecule has 0 aliphatic heterocycles. The number of fused-ring (bicyclic) bond motifs is 1. The first-order valence-electron chi connectivity index (χ1n) is 7.88. The lowest BCUT2D eigenvalue weighted by atomic mass is 10.1. The molecule has 3 aromatic heterocycles. The fourth-order valence-corrected chi connectivity index (χ4v) is 5.09. The summed E-state index contributed by atoms with van der Waals surface area (Å²) in [6.45, 7) is -2.10. The van der Waals surface area contributed by atoms with E-state index in [1.165, 1.54) is 4.88 Å². The molecular weight excluding hydrogens is 446 g/mol. The van der Waals surface area contributed by atoms with E-state index in [9.17, 15) is 8.78 Å². The first-order valence-corrected chi connectivity index (χ1v) is 10.4. The first kappa shape index (κ1) is 19.6.